The Morgan fingerprint density at radius 2 is 1.69 bits per heavy atom. The normalized spacial score (nSPS) is 13.6. The Hall–Kier alpha value is -4.93. The molecule has 1 saturated heterocycles. The molecule has 0 spiro atoms. The van der Waals surface area contributed by atoms with Gasteiger partial charge in [-0.15, -0.1) is 0 Å². The number of urea groups is 1. The highest BCUT2D eigenvalue weighted by atomic mass is 19.4. The zero-order valence-corrected chi connectivity index (χ0v) is 31.3. The maximum atomic E-state index is 13.3. The van der Waals surface area contributed by atoms with Crippen LogP contribution in [-0.2, 0) is 33.8 Å². The SMILES string of the molecule is CCc1nc2c(cnn2CC)c(NC2CCN(C(N)=O)CC2)c1CNC(=O)c1ccc(NC(=O)CCCCCCCN(C)CCOC(=O)C(F)(F)F)cc1. The van der Waals surface area contributed by atoms with Crippen LogP contribution in [0.3, 0.4) is 0 Å². The molecule has 1 aliphatic rings. The second-order valence-electron chi connectivity index (χ2n) is 13.5. The Bertz CT molecular complexity index is 1720. The zero-order valence-electron chi connectivity index (χ0n) is 31.3. The molecule has 4 amide bonds. The number of piperidine rings is 1. The quantitative estimate of drug-likeness (QED) is 0.0944. The highest BCUT2D eigenvalue weighted by molar-refractivity contribution is 5.96. The lowest BCUT2D eigenvalue weighted by Gasteiger charge is -2.32. The number of hydrogen-bond donors (Lipinski definition) is 4. The number of primary amides is 1. The Morgan fingerprint density at radius 3 is 2.33 bits per heavy atom. The molecular formula is C37H52F3N9O5. The average molecular weight is 760 g/mol. The van der Waals surface area contributed by atoms with Crippen LogP contribution < -0.4 is 21.7 Å². The van der Waals surface area contributed by atoms with E-state index in [9.17, 15) is 32.3 Å². The number of carbonyl (C=O) groups excluding carboxylic acids is 4. The molecule has 0 aliphatic carbocycles. The predicted octanol–water partition coefficient (Wildman–Crippen LogP) is 5.22. The monoisotopic (exact) mass is 759 g/mol. The second kappa shape index (κ2) is 19.9. The molecule has 3 heterocycles. The summed E-state index contributed by atoms with van der Waals surface area (Å²) in [6, 6.07) is 6.41. The van der Waals surface area contributed by atoms with Gasteiger partial charge in [0.05, 0.1) is 17.3 Å². The Kier molecular flexibility index (Phi) is 15.4. The number of nitrogens with two attached hydrogens (primary N) is 1. The van der Waals surface area contributed by atoms with Gasteiger partial charge in [-0.05, 0) is 76.9 Å². The number of amides is 4. The van der Waals surface area contributed by atoms with E-state index in [1.54, 1.807) is 42.4 Å². The molecule has 0 atom stereocenters. The molecule has 5 N–H and O–H groups in total. The molecule has 1 aromatic carbocycles. The van der Waals surface area contributed by atoms with Gasteiger partial charge in [0.25, 0.3) is 5.91 Å². The van der Waals surface area contributed by atoms with Gasteiger partial charge < -0.3 is 36.2 Å². The number of hydrogen-bond acceptors (Lipinski definition) is 9. The number of unbranched alkanes of at least 4 members (excludes halogenated alkanes) is 4. The number of halogens is 3. The number of benzene rings is 1. The Morgan fingerprint density at radius 1 is 1.00 bits per heavy atom. The molecule has 0 radical (unpaired) electrons. The van der Waals surface area contributed by atoms with Crippen molar-refractivity contribution in [1.82, 2.24) is 29.9 Å². The van der Waals surface area contributed by atoms with Crippen molar-refractivity contribution in [2.24, 2.45) is 5.73 Å². The average Bonchev–Trinajstić information content (AvgIpc) is 3.56. The van der Waals surface area contributed by atoms with Crippen LogP contribution in [0.25, 0.3) is 11.0 Å². The molecule has 296 valence electrons. The van der Waals surface area contributed by atoms with Crippen molar-refractivity contribution in [3.63, 3.8) is 0 Å². The maximum absolute atomic E-state index is 13.3. The largest absolute Gasteiger partial charge is 0.490 e. The highest BCUT2D eigenvalue weighted by Gasteiger charge is 2.40. The van der Waals surface area contributed by atoms with Crippen molar-refractivity contribution in [3.8, 4) is 0 Å². The highest BCUT2D eigenvalue weighted by Crippen LogP contribution is 2.31. The fourth-order valence-electron chi connectivity index (χ4n) is 6.39. The molecule has 17 heteroatoms. The van der Waals surface area contributed by atoms with Crippen LogP contribution in [0, 0.1) is 0 Å². The van der Waals surface area contributed by atoms with E-state index in [1.165, 1.54) is 0 Å². The van der Waals surface area contributed by atoms with E-state index in [1.807, 2.05) is 23.4 Å². The molecule has 0 unspecified atom stereocenters. The summed E-state index contributed by atoms with van der Waals surface area (Å²) in [6.45, 7) is 6.62. The number of anilines is 2. The topological polar surface area (TPSA) is 177 Å². The number of aryl methyl sites for hydroxylation is 2. The third-order valence-electron chi connectivity index (χ3n) is 9.50. The summed E-state index contributed by atoms with van der Waals surface area (Å²) in [5, 5.41) is 15.0. The molecular weight excluding hydrogens is 707 g/mol. The van der Waals surface area contributed by atoms with Crippen LogP contribution in [-0.4, -0.2) is 100 Å². The number of pyridine rings is 1. The van der Waals surface area contributed by atoms with Crippen molar-refractivity contribution in [2.75, 3.05) is 50.5 Å². The van der Waals surface area contributed by atoms with E-state index in [0.29, 0.717) is 56.7 Å². The second-order valence-corrected chi connectivity index (χ2v) is 13.5. The summed E-state index contributed by atoms with van der Waals surface area (Å²) in [7, 11) is 1.76. The first-order chi connectivity index (χ1) is 25.8. The molecule has 1 aliphatic heterocycles. The van der Waals surface area contributed by atoms with E-state index < -0.39 is 18.2 Å². The number of fused-ring (bicyclic) bond motifs is 1. The fraction of sp³-hybridized carbons (Fsp3) is 0.568. The van der Waals surface area contributed by atoms with Crippen molar-refractivity contribution in [2.45, 2.75) is 96.9 Å². The van der Waals surface area contributed by atoms with Gasteiger partial charge in [0, 0.05) is 67.7 Å². The van der Waals surface area contributed by atoms with Crippen molar-refractivity contribution in [3.05, 3.63) is 47.3 Å². The smallest absolute Gasteiger partial charge is 0.458 e. The third kappa shape index (κ3) is 12.0. The number of ether oxygens (including phenoxy) is 1. The van der Waals surface area contributed by atoms with Gasteiger partial charge in [-0.25, -0.2) is 19.3 Å². The Balaban J connectivity index is 1.22. The standard InChI is InChI=1S/C37H52F3N9O5/c1-4-30-28(32(29-24-43-49(5-2)33(29)46-30)45-27-16-19-48(20-17-27)36(41)53)23-42-34(51)25-12-14-26(15-13-25)44-31(50)11-9-7-6-8-10-18-47(3)21-22-54-35(52)37(38,39)40/h12-15,24,27H,4-11,16-23H2,1-3H3,(H2,41,53)(H,42,51)(H,44,50)(H,45,46). The number of rotatable bonds is 19. The number of carbonyl (C=O) groups is 4. The summed E-state index contributed by atoms with van der Waals surface area (Å²) < 4.78 is 42.6. The van der Waals surface area contributed by atoms with Crippen LogP contribution in [0.1, 0.15) is 86.8 Å². The van der Waals surface area contributed by atoms with Crippen molar-refractivity contribution in [1.29, 1.82) is 0 Å². The number of aromatic nitrogens is 3. The van der Waals surface area contributed by atoms with Crippen LogP contribution in [0.5, 0.6) is 0 Å². The van der Waals surface area contributed by atoms with Gasteiger partial charge in [-0.1, -0.05) is 26.2 Å². The number of nitrogens with zero attached hydrogens (tertiary/aromatic N) is 5. The minimum Gasteiger partial charge on any atom is -0.458 e. The number of likely N-dealkylation sites (N-methyl/N-ethyl adjacent to an activating group) is 1. The van der Waals surface area contributed by atoms with E-state index in [0.717, 1.165) is 66.5 Å². The lowest BCUT2D eigenvalue weighted by molar-refractivity contribution is -0.199. The van der Waals surface area contributed by atoms with Crippen LogP contribution >= 0.6 is 0 Å². The number of nitrogens with one attached hydrogen (secondary N) is 3. The first-order valence-corrected chi connectivity index (χ1v) is 18.6. The predicted molar refractivity (Wildman–Crippen MR) is 199 cm³/mol. The van der Waals surface area contributed by atoms with E-state index >= 15 is 0 Å². The molecule has 4 rings (SSSR count). The zero-order chi connectivity index (χ0) is 39.3. The summed E-state index contributed by atoms with van der Waals surface area (Å²) in [5.74, 6) is -2.57. The summed E-state index contributed by atoms with van der Waals surface area (Å²) in [4.78, 5) is 56.6. The van der Waals surface area contributed by atoms with Crippen molar-refractivity contribution >= 4 is 46.2 Å². The van der Waals surface area contributed by atoms with E-state index in [-0.39, 0.29) is 37.6 Å². The first kappa shape index (κ1) is 41.8. The summed E-state index contributed by atoms with van der Waals surface area (Å²) >= 11 is 0. The molecule has 14 nitrogen and oxygen atoms in total. The lowest BCUT2D eigenvalue weighted by Crippen LogP contribution is -2.44. The van der Waals surface area contributed by atoms with Crippen LogP contribution in [0.4, 0.5) is 29.3 Å². The lowest BCUT2D eigenvalue weighted by atomic mass is 10.0. The maximum Gasteiger partial charge on any atom is 0.490 e. The number of alkyl halides is 3. The molecule has 3 aromatic rings. The van der Waals surface area contributed by atoms with Gasteiger partial charge >= 0.3 is 18.2 Å². The van der Waals surface area contributed by atoms with Gasteiger partial charge in [0.2, 0.25) is 5.91 Å². The van der Waals surface area contributed by atoms with E-state index in [4.69, 9.17) is 10.7 Å². The fourth-order valence-corrected chi connectivity index (χ4v) is 6.39. The molecule has 0 saturated carbocycles. The van der Waals surface area contributed by atoms with Gasteiger partial charge in [0.15, 0.2) is 5.65 Å². The first-order valence-electron chi connectivity index (χ1n) is 18.6. The molecule has 2 aromatic heterocycles. The number of likely N-dealkylation sites (tertiary alicyclic amines) is 1. The molecule has 54 heavy (non-hydrogen) atoms. The summed E-state index contributed by atoms with van der Waals surface area (Å²) in [5.41, 5.74) is 9.91. The minimum atomic E-state index is -4.98. The minimum absolute atomic E-state index is 0.101. The molecule has 0 bridgehead atoms. The van der Waals surface area contributed by atoms with Gasteiger partial charge in [-0.3, -0.25) is 9.59 Å². The van der Waals surface area contributed by atoms with Gasteiger partial charge in [-0.2, -0.15) is 18.3 Å². The molecule has 1 fully saturated rings. The van der Waals surface area contributed by atoms with Crippen LogP contribution in [0.2, 0.25) is 0 Å². The van der Waals surface area contributed by atoms with E-state index in [2.05, 4.69) is 25.8 Å². The Labute approximate surface area is 313 Å². The summed E-state index contributed by atoms with van der Waals surface area (Å²) in [6.07, 6.45) is 3.50. The number of esters is 1. The third-order valence-corrected chi connectivity index (χ3v) is 9.50. The van der Waals surface area contributed by atoms with Crippen molar-refractivity contribution < 1.29 is 37.1 Å². The van der Waals surface area contributed by atoms with Gasteiger partial charge in [0.1, 0.15) is 6.61 Å². The van der Waals surface area contributed by atoms with Crippen LogP contribution in [0.15, 0.2) is 30.5 Å².